The minimum atomic E-state index is -4.64. The molecule has 6 aromatic carbocycles. The number of benzene rings is 6. The van der Waals surface area contributed by atoms with E-state index >= 15 is 0 Å². The highest BCUT2D eigenvalue weighted by molar-refractivity contribution is 5.89. The lowest BCUT2D eigenvalue weighted by atomic mass is 9.94. The third kappa shape index (κ3) is 21.0. The number of aliphatic hydroxyl groups is 3. The smallest absolute Gasteiger partial charge is 0.418 e. The van der Waals surface area contributed by atoms with Crippen molar-refractivity contribution in [2.45, 2.75) is 117 Å². The van der Waals surface area contributed by atoms with Gasteiger partial charge in [-0.2, -0.15) is 13.2 Å². The molecule has 0 saturated carbocycles. The van der Waals surface area contributed by atoms with Crippen LogP contribution in [0.3, 0.4) is 0 Å². The molecule has 0 amide bonds. The van der Waals surface area contributed by atoms with Crippen LogP contribution in [0.1, 0.15) is 83.5 Å². The van der Waals surface area contributed by atoms with Gasteiger partial charge in [-0.3, -0.25) is 9.80 Å². The zero-order valence-corrected chi connectivity index (χ0v) is 80.1. The molecular weight excluding hydrogens is 1860 g/mol. The zero-order valence-electron chi connectivity index (χ0n) is 80.1. The summed E-state index contributed by atoms with van der Waals surface area (Å²) in [6.45, 7) is 21.6. The monoisotopic (exact) mass is 1960 g/mol. The molecule has 740 valence electrons. The summed E-state index contributed by atoms with van der Waals surface area (Å²) < 4.78 is 95.5. The first-order chi connectivity index (χ1) is 70.1. The maximum absolute atomic E-state index is 14.8. The SMILES string of the molecule is Cc1ccc2nc(-c3cc4ccc(CN5CCC(O)C5)cc4oc3=O)cn2c1.Cc1ccc2nc(-c3cc4ccc(CN5CCC(O)CC5)cc4oc3=O)cn2c1.Cc1ccc2nc(-c3cc4ccc(CNC(C)CO)cc4oc3=O)cn2c1.Cc1ccc2nc(-c3cc4ccc(N5CC6CCCNC6C5)cc4oc3=O)cn2c1.O=c1oc2cc(N3CCNCC3)cc(F)c2cc1-c1nc2c(C(F)(F)F)cccc2o1. The number of para-hydroxylation sites is 1. The van der Waals surface area contributed by atoms with Crippen LogP contribution in [0.2, 0.25) is 0 Å². The zero-order chi connectivity index (χ0) is 100. The van der Waals surface area contributed by atoms with E-state index in [-0.39, 0.29) is 69.7 Å². The summed E-state index contributed by atoms with van der Waals surface area (Å²) in [5, 5.41) is 42.0. The number of piperazine rings is 1. The van der Waals surface area contributed by atoms with Crippen LogP contribution in [0.5, 0.6) is 0 Å². The Hall–Kier alpha value is -15.4. The third-order valence-corrected chi connectivity index (χ3v) is 27.4. The number of oxazole rings is 1. The van der Waals surface area contributed by atoms with Crippen molar-refractivity contribution in [2.24, 2.45) is 5.92 Å². The molecule has 25 rings (SSSR count). The van der Waals surface area contributed by atoms with Crippen LogP contribution >= 0.6 is 0 Å². The molecule has 5 fully saturated rings. The molecular formula is C111H104F4N16O14. The van der Waals surface area contributed by atoms with E-state index in [0.29, 0.717) is 111 Å². The van der Waals surface area contributed by atoms with E-state index in [1.807, 2.05) is 240 Å². The number of hydrogen-bond donors (Lipinski definition) is 6. The summed E-state index contributed by atoms with van der Waals surface area (Å²) in [7, 11) is 0. The number of fused-ring (bicyclic) bond motifs is 11. The van der Waals surface area contributed by atoms with Crippen molar-refractivity contribution in [1.29, 1.82) is 0 Å². The van der Waals surface area contributed by atoms with E-state index < -0.39 is 34.3 Å². The Bertz CT molecular complexity index is 8650. The second kappa shape index (κ2) is 40.4. The van der Waals surface area contributed by atoms with Crippen LogP contribution < -0.4 is 53.9 Å². The fourth-order valence-corrected chi connectivity index (χ4v) is 19.6. The summed E-state index contributed by atoms with van der Waals surface area (Å²) in [5.74, 6) is -0.279. The number of pyridine rings is 4. The average molecular weight is 1960 g/mol. The number of imidazole rings is 4. The first-order valence-electron chi connectivity index (χ1n) is 48.5. The standard InChI is InChI=1S/C24H24N4O2.C23H23N3O3.C22H21N3O3.C21H15F4N3O3.C21H21N3O3/c1-15-4-7-23-26-21(14-28(23)11-15)19-9-16-5-6-18(10-22(16)30-24(19)29)27-12-17-3-2-8-25-20(17)13-27;1-15-2-5-22-24-20(14-26(22)12-15)19-11-17-4-3-16(10-21(17)29-23(19)28)13-25-8-6-18(27)7-9-25;1-14-2-5-21-23-19(13-25(21)10-14)18-9-16-4-3-15(8-20(16)28-22(18)27)11-24-7-6-17(26)12-24;22-15-8-11(28-6-4-26-5-7-28)9-17-12(15)10-13(20(29)31-17)19-27-18-14(21(23,24)25)2-1-3-16(18)30-19;1-13-3-6-20-23-18(11-24(20)10-13)17-8-16-5-4-15(9-22-14(2)12-25)7-19(16)27-21(17)26/h4-7,9-11,14,17,20,25H,2-3,8,12-13H2,1H3;2-5,10-12,14,18,27H,6-9,13H2,1H3;2-5,8-10,13,17,26H,6-7,11-12H2,1H3;1-3,8-10,26H,4-7H2;3-8,10-11,14,22,25H,9,12H2,1-2H3. The highest BCUT2D eigenvalue weighted by atomic mass is 19.4. The quantitative estimate of drug-likeness (QED) is 0.0410. The number of rotatable bonds is 15. The Balaban J connectivity index is 0.000000107. The molecule has 6 N–H and O–H groups in total. The van der Waals surface area contributed by atoms with Crippen LogP contribution in [0.4, 0.5) is 28.9 Å². The molecule has 4 atom stereocenters. The molecule has 5 aliphatic heterocycles. The largest absolute Gasteiger partial charge is 0.436 e. The van der Waals surface area contributed by atoms with Crippen LogP contribution in [0.15, 0.2) is 282 Å². The van der Waals surface area contributed by atoms with Gasteiger partial charge in [-0.05, 0) is 221 Å². The van der Waals surface area contributed by atoms with E-state index in [2.05, 4.69) is 67.7 Å². The van der Waals surface area contributed by atoms with Gasteiger partial charge in [0.2, 0.25) is 5.89 Å². The van der Waals surface area contributed by atoms with Crippen molar-refractivity contribution in [2.75, 3.05) is 88.4 Å². The van der Waals surface area contributed by atoms with E-state index in [1.165, 1.54) is 37.1 Å². The Labute approximate surface area is 824 Å². The molecule has 34 heteroatoms. The fourth-order valence-electron chi connectivity index (χ4n) is 19.6. The number of β-amino-alcohol motifs (C(OH)–C–C–N with tert-alkyl or cyclic N) is 1. The van der Waals surface area contributed by atoms with Crippen LogP contribution in [-0.2, 0) is 25.8 Å². The third-order valence-electron chi connectivity index (χ3n) is 27.4. The molecule has 19 heterocycles. The molecule has 0 aliphatic carbocycles. The lowest BCUT2D eigenvalue weighted by Crippen LogP contribution is -2.43. The lowest BCUT2D eigenvalue weighted by Gasteiger charge is -2.29. The normalized spacial score (nSPS) is 16.7. The molecule has 14 aromatic heterocycles. The molecule has 30 nitrogen and oxygen atoms in total. The predicted molar refractivity (Wildman–Crippen MR) is 548 cm³/mol. The van der Waals surface area contributed by atoms with Crippen LogP contribution in [0.25, 0.3) is 145 Å². The highest BCUT2D eigenvalue weighted by Crippen LogP contribution is 2.39. The van der Waals surface area contributed by atoms with E-state index in [0.717, 1.165) is 180 Å². The minimum absolute atomic E-state index is 0.00628. The van der Waals surface area contributed by atoms with Gasteiger partial charge in [0.1, 0.15) is 67.4 Å². The Morgan fingerprint density at radius 1 is 0.428 bits per heavy atom. The molecule has 0 spiro atoms. The predicted octanol–water partition coefficient (Wildman–Crippen LogP) is 17.0. The van der Waals surface area contributed by atoms with Gasteiger partial charge in [-0.1, -0.05) is 66.7 Å². The minimum Gasteiger partial charge on any atom is -0.436 e. The van der Waals surface area contributed by atoms with Gasteiger partial charge < -0.3 is 85.2 Å². The number of halogens is 4. The van der Waals surface area contributed by atoms with Crippen LogP contribution in [-0.4, -0.2) is 171 Å². The summed E-state index contributed by atoms with van der Waals surface area (Å²) in [4.78, 5) is 94.2. The number of aliphatic hydroxyl groups excluding tert-OH is 3. The molecule has 0 bridgehead atoms. The second-order valence-electron chi connectivity index (χ2n) is 38.2. The molecule has 145 heavy (non-hydrogen) atoms. The number of anilines is 2. The molecule has 20 aromatic rings. The number of alkyl halides is 3. The van der Waals surface area contributed by atoms with Gasteiger partial charge >= 0.3 is 34.3 Å². The Morgan fingerprint density at radius 3 is 1.36 bits per heavy atom. The van der Waals surface area contributed by atoms with Crippen molar-refractivity contribution in [3.05, 3.63) is 334 Å². The molecule has 0 radical (unpaired) electrons. The molecule has 5 aliphatic rings. The molecule has 5 saturated heterocycles. The number of nitrogens with one attached hydrogen (secondary N) is 3. The van der Waals surface area contributed by atoms with Gasteiger partial charge in [0.15, 0.2) is 5.58 Å². The number of aromatic nitrogens is 9. The summed E-state index contributed by atoms with van der Waals surface area (Å²) in [6.07, 6.45) is 15.3. The maximum atomic E-state index is 14.8. The van der Waals surface area contributed by atoms with Gasteiger partial charge in [-0.15, -0.1) is 0 Å². The molecule has 4 unspecified atom stereocenters. The van der Waals surface area contributed by atoms with Crippen LogP contribution in [0, 0.1) is 39.4 Å². The number of piperidine rings is 2. The Morgan fingerprint density at radius 2 is 0.876 bits per heavy atom. The maximum Gasteiger partial charge on any atom is 0.418 e. The van der Waals surface area contributed by atoms with Crippen molar-refractivity contribution in [3.63, 3.8) is 0 Å². The van der Waals surface area contributed by atoms with Gasteiger partial charge in [0.25, 0.3) is 0 Å². The fraction of sp³-hybridized carbons (Fsp3) is 0.279. The summed E-state index contributed by atoms with van der Waals surface area (Å²) >= 11 is 0. The number of hydrogen-bond acceptors (Lipinski definition) is 26. The lowest BCUT2D eigenvalue weighted by molar-refractivity contribution is -0.136. The Kier molecular flexibility index (Phi) is 26.7. The summed E-state index contributed by atoms with van der Waals surface area (Å²) in [5.41, 5.74) is 15.0. The summed E-state index contributed by atoms with van der Waals surface area (Å²) in [6, 6.07) is 55.1. The average Bonchev–Trinajstić information content (AvgIpc) is 1.63. The number of likely N-dealkylation sites (tertiary alicyclic amines) is 2. The number of aryl methyl sites for hydroxylation is 4. The van der Waals surface area contributed by atoms with E-state index in [9.17, 15) is 51.7 Å². The van der Waals surface area contributed by atoms with Crippen molar-refractivity contribution in [3.8, 4) is 56.5 Å². The second-order valence-corrected chi connectivity index (χ2v) is 38.2. The first kappa shape index (κ1) is 95.8. The van der Waals surface area contributed by atoms with Gasteiger partial charge in [0.05, 0.1) is 74.8 Å². The van der Waals surface area contributed by atoms with E-state index in [4.69, 9.17) is 31.6 Å². The van der Waals surface area contributed by atoms with Crippen molar-refractivity contribution >= 4 is 99.9 Å². The van der Waals surface area contributed by atoms with Crippen molar-refractivity contribution < 1.29 is 59.4 Å². The van der Waals surface area contributed by atoms with Gasteiger partial charge in [0, 0.05) is 192 Å². The van der Waals surface area contributed by atoms with E-state index in [1.54, 1.807) is 6.07 Å². The highest BCUT2D eigenvalue weighted by Gasteiger charge is 2.37. The number of nitrogens with zero attached hydrogens (tertiary/aromatic N) is 13. The van der Waals surface area contributed by atoms with Crippen molar-refractivity contribution in [1.82, 2.24) is 68.3 Å². The topological polar surface area (TPSA) is 356 Å². The van der Waals surface area contributed by atoms with Gasteiger partial charge in [-0.25, -0.2) is 53.3 Å². The first-order valence-corrected chi connectivity index (χ1v) is 48.5.